The number of benzene rings is 3. The van der Waals surface area contributed by atoms with E-state index in [-0.39, 0.29) is 5.75 Å². The lowest BCUT2D eigenvalue weighted by molar-refractivity contribution is -0.149. The number of esters is 1. The number of ether oxygens (including phenoxy) is 2. The third-order valence-electron chi connectivity index (χ3n) is 4.03. The Morgan fingerprint density at radius 1 is 0.793 bits per heavy atom. The molecule has 3 rings (SSSR count). The minimum Gasteiger partial charge on any atom is -0.481 e. The average molecular weight is 389 g/mol. The lowest BCUT2D eigenvalue weighted by Gasteiger charge is -2.09. The van der Waals surface area contributed by atoms with Crippen molar-refractivity contribution in [3.63, 3.8) is 0 Å². The first kappa shape index (κ1) is 19.8. The van der Waals surface area contributed by atoms with Crippen molar-refractivity contribution in [3.8, 4) is 16.9 Å². The maximum Gasteiger partial charge on any atom is 0.344 e. The Morgan fingerprint density at radius 3 is 2.17 bits per heavy atom. The summed E-state index contributed by atoms with van der Waals surface area (Å²) in [6.45, 7) is -0.831. The van der Waals surface area contributed by atoms with Crippen molar-refractivity contribution in [2.24, 2.45) is 0 Å². The minimum absolute atomic E-state index is 0.280. The number of aldehydes is 1. The number of carbonyl (C=O) groups excluding carboxylic acids is 3. The molecule has 0 aromatic heterocycles. The molecule has 3 aromatic carbocycles. The van der Waals surface area contributed by atoms with Gasteiger partial charge >= 0.3 is 5.97 Å². The molecule has 0 aliphatic heterocycles. The van der Waals surface area contributed by atoms with Crippen LogP contribution in [-0.2, 0) is 14.3 Å². The van der Waals surface area contributed by atoms with Crippen LogP contribution in [0.2, 0.25) is 0 Å². The summed E-state index contributed by atoms with van der Waals surface area (Å²) >= 11 is 0. The van der Waals surface area contributed by atoms with Crippen molar-refractivity contribution >= 4 is 23.9 Å². The number of carbonyl (C=O) groups is 3. The molecule has 0 radical (unpaired) electrons. The average Bonchev–Trinajstić information content (AvgIpc) is 2.77. The first-order valence-electron chi connectivity index (χ1n) is 8.93. The van der Waals surface area contributed by atoms with Crippen LogP contribution < -0.4 is 10.1 Å². The fourth-order valence-corrected chi connectivity index (χ4v) is 2.61. The minimum atomic E-state index is -0.708. The van der Waals surface area contributed by atoms with Crippen molar-refractivity contribution < 1.29 is 23.9 Å². The van der Waals surface area contributed by atoms with Gasteiger partial charge < -0.3 is 14.8 Å². The van der Waals surface area contributed by atoms with Crippen molar-refractivity contribution in [2.75, 3.05) is 18.5 Å². The highest BCUT2D eigenvalue weighted by atomic mass is 16.6. The third-order valence-corrected chi connectivity index (χ3v) is 4.03. The molecule has 146 valence electrons. The van der Waals surface area contributed by atoms with Crippen LogP contribution in [0.4, 0.5) is 5.69 Å². The molecular formula is C23H19NO5. The van der Waals surface area contributed by atoms with Crippen molar-refractivity contribution in [1.82, 2.24) is 0 Å². The van der Waals surface area contributed by atoms with Crippen molar-refractivity contribution in [2.45, 2.75) is 0 Å². The Labute approximate surface area is 168 Å². The van der Waals surface area contributed by atoms with Gasteiger partial charge in [-0.15, -0.1) is 0 Å². The van der Waals surface area contributed by atoms with Gasteiger partial charge in [0.15, 0.2) is 19.5 Å². The van der Waals surface area contributed by atoms with Crippen LogP contribution >= 0.6 is 0 Å². The van der Waals surface area contributed by atoms with E-state index in [1.165, 1.54) is 0 Å². The molecule has 29 heavy (non-hydrogen) atoms. The van der Waals surface area contributed by atoms with Crippen molar-refractivity contribution in [3.05, 3.63) is 84.4 Å². The van der Waals surface area contributed by atoms with Gasteiger partial charge in [0.05, 0.1) is 5.56 Å². The van der Waals surface area contributed by atoms with Gasteiger partial charge in [-0.3, -0.25) is 9.59 Å². The van der Waals surface area contributed by atoms with Crippen LogP contribution in [-0.4, -0.2) is 31.4 Å². The van der Waals surface area contributed by atoms with Crippen LogP contribution in [0.25, 0.3) is 11.1 Å². The van der Waals surface area contributed by atoms with Gasteiger partial charge in [-0.25, -0.2) is 4.79 Å². The molecule has 3 aromatic rings. The number of amides is 1. The summed E-state index contributed by atoms with van der Waals surface area (Å²) < 4.78 is 10.2. The second-order valence-electron chi connectivity index (χ2n) is 6.10. The molecule has 0 aliphatic carbocycles. The van der Waals surface area contributed by atoms with Crippen LogP contribution in [0.1, 0.15) is 10.4 Å². The molecule has 0 atom stereocenters. The monoisotopic (exact) mass is 389 g/mol. The normalized spacial score (nSPS) is 10.1. The fraction of sp³-hybridized carbons (Fsp3) is 0.0870. The van der Waals surface area contributed by atoms with Gasteiger partial charge in [-0.2, -0.15) is 0 Å². The van der Waals surface area contributed by atoms with E-state index in [1.807, 2.05) is 42.5 Å². The number of para-hydroxylation sites is 1. The number of nitrogens with one attached hydrogen (secondary N) is 1. The summed E-state index contributed by atoms with van der Waals surface area (Å²) in [6, 6.07) is 23.7. The van der Waals surface area contributed by atoms with E-state index in [0.29, 0.717) is 17.5 Å². The second-order valence-corrected chi connectivity index (χ2v) is 6.10. The van der Waals surface area contributed by atoms with E-state index in [1.54, 1.807) is 36.4 Å². The quantitative estimate of drug-likeness (QED) is 0.469. The van der Waals surface area contributed by atoms with Crippen molar-refractivity contribution in [1.29, 1.82) is 0 Å². The lowest BCUT2D eigenvalue weighted by atomic mass is 10.1. The van der Waals surface area contributed by atoms with Crippen LogP contribution in [0.15, 0.2) is 78.9 Å². The standard InChI is InChI=1S/C23H19NO5/c25-14-19-8-4-5-9-21(19)28-16-23(27)29-15-22(26)24-20-12-10-18(11-13-20)17-6-2-1-3-7-17/h1-14H,15-16H2,(H,24,26). The van der Waals surface area contributed by atoms with Crippen LogP contribution in [0, 0.1) is 0 Å². The Hall–Kier alpha value is -3.93. The lowest BCUT2D eigenvalue weighted by Crippen LogP contribution is -2.23. The summed E-state index contributed by atoms with van der Waals surface area (Å²) in [7, 11) is 0. The first-order valence-corrected chi connectivity index (χ1v) is 8.93. The number of rotatable bonds is 8. The molecule has 0 spiro atoms. The highest BCUT2D eigenvalue weighted by molar-refractivity contribution is 5.93. The molecular weight excluding hydrogens is 370 g/mol. The first-order chi connectivity index (χ1) is 14.2. The van der Waals surface area contributed by atoms with Gasteiger partial charge in [0.1, 0.15) is 5.75 Å². The molecule has 0 bridgehead atoms. The highest BCUT2D eigenvalue weighted by Gasteiger charge is 2.10. The zero-order chi connectivity index (χ0) is 20.5. The number of hydrogen-bond donors (Lipinski definition) is 1. The van der Waals surface area contributed by atoms with Gasteiger partial charge in [0.25, 0.3) is 5.91 Å². The fourth-order valence-electron chi connectivity index (χ4n) is 2.61. The zero-order valence-corrected chi connectivity index (χ0v) is 15.5. The van der Waals surface area contributed by atoms with Gasteiger partial charge in [-0.05, 0) is 35.4 Å². The third kappa shape index (κ3) is 5.77. The summed E-state index contributed by atoms with van der Waals surface area (Å²) in [5, 5.41) is 2.66. The SMILES string of the molecule is O=Cc1ccccc1OCC(=O)OCC(=O)Nc1ccc(-c2ccccc2)cc1. The Kier molecular flexibility index (Phi) is 6.73. The molecule has 0 aliphatic rings. The summed E-state index contributed by atoms with van der Waals surface area (Å²) in [4.78, 5) is 34.6. The molecule has 0 fully saturated rings. The second kappa shape index (κ2) is 9.85. The zero-order valence-electron chi connectivity index (χ0n) is 15.5. The van der Waals surface area contributed by atoms with Gasteiger partial charge in [-0.1, -0.05) is 54.6 Å². The van der Waals surface area contributed by atoms with Gasteiger partial charge in [0.2, 0.25) is 0 Å². The van der Waals surface area contributed by atoms with Crippen LogP contribution in [0.5, 0.6) is 5.75 Å². The van der Waals surface area contributed by atoms with E-state index in [2.05, 4.69) is 5.32 Å². The van der Waals surface area contributed by atoms with E-state index in [4.69, 9.17) is 9.47 Å². The maximum atomic E-state index is 12.0. The Bertz CT molecular complexity index is 984. The predicted molar refractivity (Wildman–Crippen MR) is 109 cm³/mol. The topological polar surface area (TPSA) is 81.7 Å². The van der Waals surface area contributed by atoms with E-state index < -0.39 is 25.1 Å². The summed E-state index contributed by atoms with van der Waals surface area (Å²) in [5.74, 6) is -0.887. The molecule has 1 N–H and O–H groups in total. The molecule has 0 unspecified atom stereocenters. The molecule has 0 saturated carbocycles. The molecule has 0 saturated heterocycles. The van der Waals surface area contributed by atoms with E-state index >= 15 is 0 Å². The predicted octanol–water partition coefficient (Wildman–Crippen LogP) is 3.73. The molecule has 6 heteroatoms. The van der Waals surface area contributed by atoms with E-state index in [0.717, 1.165) is 11.1 Å². The Morgan fingerprint density at radius 2 is 1.45 bits per heavy atom. The molecule has 0 heterocycles. The highest BCUT2D eigenvalue weighted by Crippen LogP contribution is 2.21. The Balaban J connectivity index is 1.44. The number of anilines is 1. The molecule has 6 nitrogen and oxygen atoms in total. The molecule has 1 amide bonds. The van der Waals surface area contributed by atoms with Crippen LogP contribution in [0.3, 0.4) is 0 Å². The maximum absolute atomic E-state index is 12.0. The van der Waals surface area contributed by atoms with Gasteiger partial charge in [0, 0.05) is 5.69 Å². The summed E-state index contributed by atoms with van der Waals surface area (Å²) in [6.07, 6.45) is 0.636. The smallest absolute Gasteiger partial charge is 0.344 e. The number of hydrogen-bond acceptors (Lipinski definition) is 5. The van der Waals surface area contributed by atoms with E-state index in [9.17, 15) is 14.4 Å². The largest absolute Gasteiger partial charge is 0.481 e. The summed E-state index contributed by atoms with van der Waals surface area (Å²) in [5.41, 5.74) is 3.04.